The smallest absolute Gasteiger partial charge is 0.255 e. The summed E-state index contributed by atoms with van der Waals surface area (Å²) in [7, 11) is 1.50. The minimum absolute atomic E-state index is 0.158. The van der Waals surface area contributed by atoms with Crippen molar-refractivity contribution in [2.75, 3.05) is 13.7 Å². The molecule has 0 aromatic heterocycles. The first kappa shape index (κ1) is 22.6. The van der Waals surface area contributed by atoms with E-state index in [9.17, 15) is 14.4 Å². The van der Waals surface area contributed by atoms with Crippen molar-refractivity contribution >= 4 is 17.7 Å². The molecule has 2 aliphatic rings. The van der Waals surface area contributed by atoms with Crippen LogP contribution in [0, 0.1) is 0 Å². The third kappa shape index (κ3) is 5.53. The van der Waals surface area contributed by atoms with Gasteiger partial charge in [-0.1, -0.05) is 27.2 Å². The molecule has 2 heterocycles. The zero-order valence-corrected chi connectivity index (χ0v) is 16.7. The second-order valence-corrected chi connectivity index (χ2v) is 5.92. The van der Waals surface area contributed by atoms with Crippen LogP contribution in [0.5, 0.6) is 5.75 Å². The van der Waals surface area contributed by atoms with Gasteiger partial charge in [0.1, 0.15) is 11.8 Å². The number of nitrogens with two attached hydrogens (primary N) is 1. The van der Waals surface area contributed by atoms with Crippen molar-refractivity contribution in [3.63, 3.8) is 0 Å². The highest BCUT2D eigenvalue weighted by Crippen LogP contribution is 2.30. The molecule has 1 saturated heterocycles. The lowest BCUT2D eigenvalue weighted by Crippen LogP contribution is -2.52. The largest absolute Gasteiger partial charge is 0.494 e. The van der Waals surface area contributed by atoms with Crippen LogP contribution in [0.2, 0.25) is 0 Å². The molecule has 1 unspecified atom stereocenters. The number of hydrogen-bond acceptors (Lipinski definition) is 5. The fourth-order valence-corrected chi connectivity index (χ4v) is 2.97. The molecule has 0 saturated carbocycles. The van der Waals surface area contributed by atoms with Crippen molar-refractivity contribution in [3.05, 3.63) is 29.3 Å². The molecular formula is C20H31N3O4. The quantitative estimate of drug-likeness (QED) is 0.605. The molecule has 3 N–H and O–H groups in total. The first-order valence-electron chi connectivity index (χ1n) is 9.58. The first-order valence-corrected chi connectivity index (χ1v) is 9.58. The normalized spacial score (nSPS) is 17.9. The molecule has 7 heteroatoms. The van der Waals surface area contributed by atoms with Gasteiger partial charge < -0.3 is 15.4 Å². The summed E-state index contributed by atoms with van der Waals surface area (Å²) in [6.45, 7) is 7.13. The van der Waals surface area contributed by atoms with Crippen molar-refractivity contribution in [2.45, 2.75) is 59.0 Å². The van der Waals surface area contributed by atoms with Crippen LogP contribution in [-0.4, -0.2) is 42.3 Å². The predicted molar refractivity (Wildman–Crippen MR) is 104 cm³/mol. The van der Waals surface area contributed by atoms with Crippen LogP contribution in [-0.2, 0) is 16.1 Å². The third-order valence-corrected chi connectivity index (χ3v) is 4.26. The van der Waals surface area contributed by atoms with Crippen molar-refractivity contribution in [1.29, 1.82) is 0 Å². The zero-order chi connectivity index (χ0) is 20.4. The summed E-state index contributed by atoms with van der Waals surface area (Å²) in [5.74, 6) is -0.0754. The number of hydrogen-bond donors (Lipinski definition) is 2. The minimum Gasteiger partial charge on any atom is -0.494 e. The Balaban J connectivity index is 0.000000855. The summed E-state index contributed by atoms with van der Waals surface area (Å²) in [5, 5.41) is 2.30. The topological polar surface area (TPSA) is 102 Å². The zero-order valence-electron chi connectivity index (χ0n) is 16.7. The first-order chi connectivity index (χ1) is 13.1. The number of rotatable bonds is 5. The van der Waals surface area contributed by atoms with Gasteiger partial charge in [-0.2, -0.15) is 0 Å². The Kier molecular flexibility index (Phi) is 9.50. The molecule has 150 valence electrons. The number of ether oxygens (including phenoxy) is 1. The number of benzene rings is 1. The number of carbonyl (C=O) groups excluding carboxylic acids is 3. The number of nitrogens with zero attached hydrogens (tertiary/aromatic N) is 1. The number of imide groups is 1. The Bertz CT molecular complexity index is 661. The van der Waals surface area contributed by atoms with E-state index in [1.165, 1.54) is 7.05 Å². The minimum atomic E-state index is -0.572. The van der Waals surface area contributed by atoms with Crippen LogP contribution in [0.25, 0.3) is 0 Å². The molecule has 0 spiro atoms. The number of unbranched alkanes of at least 4 members (excludes halogenated alkanes) is 1. The predicted octanol–water partition coefficient (Wildman–Crippen LogP) is 2.23. The highest BCUT2D eigenvalue weighted by atomic mass is 16.5. The molecule has 0 bridgehead atoms. The second-order valence-electron chi connectivity index (χ2n) is 5.92. The second kappa shape index (κ2) is 11.3. The highest BCUT2D eigenvalue weighted by molar-refractivity contribution is 6.05. The Morgan fingerprint density at radius 2 is 1.93 bits per heavy atom. The Morgan fingerprint density at radius 1 is 1.22 bits per heavy atom. The van der Waals surface area contributed by atoms with Crippen molar-refractivity contribution in [1.82, 2.24) is 10.2 Å². The molecule has 0 radical (unpaired) electrons. The van der Waals surface area contributed by atoms with E-state index in [1.807, 2.05) is 19.9 Å². The number of carbonyl (C=O) groups is 3. The van der Waals surface area contributed by atoms with Gasteiger partial charge >= 0.3 is 0 Å². The molecule has 3 rings (SSSR count). The molecular weight excluding hydrogens is 346 g/mol. The van der Waals surface area contributed by atoms with E-state index in [0.717, 1.165) is 24.2 Å². The van der Waals surface area contributed by atoms with Gasteiger partial charge in [0, 0.05) is 18.5 Å². The van der Waals surface area contributed by atoms with Crippen LogP contribution in [0.4, 0.5) is 0 Å². The summed E-state index contributed by atoms with van der Waals surface area (Å²) >= 11 is 0. The molecule has 2 aliphatic heterocycles. The van der Waals surface area contributed by atoms with Crippen molar-refractivity contribution < 1.29 is 19.1 Å². The van der Waals surface area contributed by atoms with Crippen LogP contribution in [0.1, 0.15) is 62.4 Å². The monoisotopic (exact) mass is 377 g/mol. The van der Waals surface area contributed by atoms with Crippen molar-refractivity contribution in [3.8, 4) is 5.75 Å². The highest BCUT2D eigenvalue weighted by Gasteiger charge is 2.39. The maximum Gasteiger partial charge on any atom is 0.255 e. The molecule has 7 nitrogen and oxygen atoms in total. The van der Waals surface area contributed by atoms with E-state index in [-0.39, 0.29) is 24.1 Å². The van der Waals surface area contributed by atoms with Crippen LogP contribution in [0.15, 0.2) is 18.2 Å². The van der Waals surface area contributed by atoms with Crippen LogP contribution in [0.3, 0.4) is 0 Å². The third-order valence-electron chi connectivity index (χ3n) is 4.26. The summed E-state index contributed by atoms with van der Waals surface area (Å²) in [4.78, 5) is 37.3. The Hall–Kier alpha value is -2.41. The summed E-state index contributed by atoms with van der Waals surface area (Å²) in [6.07, 6.45) is 2.69. The van der Waals surface area contributed by atoms with Crippen molar-refractivity contribution in [2.24, 2.45) is 5.73 Å². The summed E-state index contributed by atoms with van der Waals surface area (Å²) in [5.41, 5.74) is 5.98. The van der Waals surface area contributed by atoms with E-state index >= 15 is 0 Å². The van der Waals surface area contributed by atoms with Gasteiger partial charge in [-0.3, -0.25) is 19.7 Å². The molecule has 1 aromatic rings. The lowest BCUT2D eigenvalue weighted by atomic mass is 10.0. The number of piperidine rings is 1. The van der Waals surface area contributed by atoms with Gasteiger partial charge in [-0.25, -0.2) is 0 Å². The lowest BCUT2D eigenvalue weighted by Gasteiger charge is -2.29. The molecule has 3 amide bonds. The Morgan fingerprint density at radius 3 is 2.56 bits per heavy atom. The summed E-state index contributed by atoms with van der Waals surface area (Å²) < 4.78 is 5.67. The van der Waals surface area contributed by atoms with E-state index in [4.69, 9.17) is 4.74 Å². The standard InChI is InChI=1S/C17H20N2O4.C2H6.CH5N/c1-2-3-8-23-12-4-5-13-11(9-12)10-19(17(13)22)14-6-7-15(20)18-16(14)21;2*1-2/h4-5,9,14H,2-3,6-8,10H2,1H3,(H,18,20,21);1-2H3;2H2,1H3. The molecule has 1 atom stereocenters. The average molecular weight is 377 g/mol. The van der Waals surface area contributed by atoms with Crippen LogP contribution < -0.4 is 15.8 Å². The fourth-order valence-electron chi connectivity index (χ4n) is 2.97. The lowest BCUT2D eigenvalue weighted by molar-refractivity contribution is -0.136. The maximum atomic E-state index is 12.5. The molecule has 0 aliphatic carbocycles. The van der Waals surface area contributed by atoms with E-state index < -0.39 is 6.04 Å². The number of fused-ring (bicyclic) bond motifs is 1. The SMILES string of the molecule is CC.CCCCOc1ccc2c(c1)CN(C1CCC(=O)NC1=O)C2=O.CN. The Labute approximate surface area is 161 Å². The van der Waals surface area contributed by atoms with Gasteiger partial charge in [-0.05, 0) is 43.7 Å². The molecule has 27 heavy (non-hydrogen) atoms. The average Bonchev–Trinajstić information content (AvgIpc) is 3.01. The molecule has 1 fully saturated rings. The van der Waals surface area contributed by atoms with Gasteiger partial charge in [0.25, 0.3) is 5.91 Å². The summed E-state index contributed by atoms with van der Waals surface area (Å²) in [6, 6.07) is 4.84. The van der Waals surface area contributed by atoms with Crippen LogP contribution >= 0.6 is 0 Å². The maximum absolute atomic E-state index is 12.5. The van der Waals surface area contributed by atoms with E-state index in [1.54, 1.807) is 17.0 Å². The number of amides is 3. The van der Waals surface area contributed by atoms with Gasteiger partial charge in [0.15, 0.2) is 0 Å². The molecule has 1 aromatic carbocycles. The van der Waals surface area contributed by atoms with Gasteiger partial charge in [-0.15, -0.1) is 0 Å². The van der Waals surface area contributed by atoms with E-state index in [2.05, 4.69) is 18.0 Å². The number of nitrogens with one attached hydrogen (secondary N) is 1. The fraction of sp³-hybridized carbons (Fsp3) is 0.550. The van der Waals surface area contributed by atoms with Gasteiger partial charge in [0.2, 0.25) is 11.8 Å². The van der Waals surface area contributed by atoms with Gasteiger partial charge in [0.05, 0.1) is 6.61 Å². The van der Waals surface area contributed by atoms with E-state index in [0.29, 0.717) is 25.1 Å².